The Bertz CT molecular complexity index is 787. The minimum Gasteiger partial charge on any atom is -0.493 e. The molecule has 0 spiro atoms. The van der Waals surface area contributed by atoms with Gasteiger partial charge in [-0.2, -0.15) is 0 Å². The number of hydrogen-bond acceptors (Lipinski definition) is 5. The molecule has 0 N–H and O–H groups in total. The Hall–Kier alpha value is -3.05. The molecule has 0 bridgehead atoms. The van der Waals surface area contributed by atoms with Crippen molar-refractivity contribution in [3.05, 3.63) is 46.8 Å². The van der Waals surface area contributed by atoms with Crippen molar-refractivity contribution in [2.45, 2.75) is 6.10 Å². The summed E-state index contributed by atoms with van der Waals surface area (Å²) in [6.45, 7) is 0.546. The normalized spacial score (nSPS) is 15.3. The zero-order chi connectivity index (χ0) is 16.9. The summed E-state index contributed by atoms with van der Waals surface area (Å²) in [6.07, 6.45) is -0.328. The van der Waals surface area contributed by atoms with Crippen LogP contribution in [0.5, 0.6) is 23.0 Å². The number of benzene rings is 2. The number of para-hydroxylation sites is 2. The van der Waals surface area contributed by atoms with Gasteiger partial charge in [0.1, 0.15) is 12.7 Å². The molecule has 0 aliphatic carbocycles. The molecule has 7 nitrogen and oxygen atoms in total. The minimum atomic E-state index is -0.328. The Morgan fingerprint density at radius 3 is 2.71 bits per heavy atom. The summed E-state index contributed by atoms with van der Waals surface area (Å²) in [4.78, 5) is 2.77. The van der Waals surface area contributed by atoms with Crippen molar-refractivity contribution < 1.29 is 18.9 Å². The molecule has 1 atom stereocenters. The molecular weight excluding hydrogens is 310 g/mol. The summed E-state index contributed by atoms with van der Waals surface area (Å²) in [7, 11) is 3.19. The van der Waals surface area contributed by atoms with E-state index in [2.05, 4.69) is 10.0 Å². The highest BCUT2D eigenvalue weighted by molar-refractivity contribution is 5.80. The molecule has 1 aliphatic heterocycles. The molecule has 2 aromatic rings. The summed E-state index contributed by atoms with van der Waals surface area (Å²) in [6, 6.07) is 11.3. The standard InChI is InChI=1S/C17H17N3O4/c1-21-14-7-3-5-12(16(14)22-2)13-6-4-8-15-17(13)24-11(10-23-15)9-19-20-18/h3-8,11H,9-10H2,1-2H3. The quantitative estimate of drug-likeness (QED) is 0.474. The fraction of sp³-hybridized carbons (Fsp3) is 0.294. The molecule has 1 aliphatic rings. The van der Waals surface area contributed by atoms with Gasteiger partial charge < -0.3 is 18.9 Å². The molecule has 24 heavy (non-hydrogen) atoms. The van der Waals surface area contributed by atoms with E-state index in [1.165, 1.54) is 0 Å². The van der Waals surface area contributed by atoms with Crippen molar-refractivity contribution in [2.75, 3.05) is 27.4 Å². The third-order valence-electron chi connectivity index (χ3n) is 3.73. The number of methoxy groups -OCH3 is 2. The fourth-order valence-electron chi connectivity index (χ4n) is 2.66. The Morgan fingerprint density at radius 2 is 1.96 bits per heavy atom. The molecule has 3 rings (SSSR count). The average Bonchev–Trinajstić information content (AvgIpc) is 2.64. The molecule has 2 aromatic carbocycles. The molecule has 0 amide bonds. The van der Waals surface area contributed by atoms with Gasteiger partial charge in [0.2, 0.25) is 0 Å². The smallest absolute Gasteiger partial charge is 0.169 e. The Labute approximate surface area is 139 Å². The van der Waals surface area contributed by atoms with Crippen LogP contribution < -0.4 is 18.9 Å². The molecule has 0 saturated heterocycles. The Morgan fingerprint density at radius 1 is 1.17 bits per heavy atom. The second kappa shape index (κ2) is 7.02. The van der Waals surface area contributed by atoms with Gasteiger partial charge in [0.25, 0.3) is 0 Å². The van der Waals surface area contributed by atoms with Gasteiger partial charge in [-0.05, 0) is 17.7 Å². The van der Waals surface area contributed by atoms with Crippen LogP contribution in [0.1, 0.15) is 0 Å². The van der Waals surface area contributed by atoms with E-state index in [-0.39, 0.29) is 12.6 Å². The van der Waals surface area contributed by atoms with E-state index in [0.29, 0.717) is 29.6 Å². The van der Waals surface area contributed by atoms with Crippen LogP contribution in [0.15, 0.2) is 41.5 Å². The maximum absolute atomic E-state index is 8.48. The number of nitrogens with zero attached hydrogens (tertiary/aromatic N) is 3. The van der Waals surface area contributed by atoms with Gasteiger partial charge in [-0.3, -0.25) is 0 Å². The fourth-order valence-corrected chi connectivity index (χ4v) is 2.66. The predicted octanol–water partition coefficient (Wildman–Crippen LogP) is 3.82. The van der Waals surface area contributed by atoms with Crippen LogP contribution in [-0.2, 0) is 0 Å². The first-order chi connectivity index (χ1) is 11.8. The van der Waals surface area contributed by atoms with Crippen LogP contribution in [0, 0.1) is 0 Å². The van der Waals surface area contributed by atoms with Gasteiger partial charge in [-0.25, -0.2) is 0 Å². The predicted molar refractivity (Wildman–Crippen MR) is 88.9 cm³/mol. The lowest BCUT2D eigenvalue weighted by molar-refractivity contribution is 0.0976. The lowest BCUT2D eigenvalue weighted by atomic mass is 10.0. The Balaban J connectivity index is 2.06. The van der Waals surface area contributed by atoms with Crippen LogP contribution in [0.25, 0.3) is 21.6 Å². The first kappa shape index (κ1) is 15.8. The summed E-state index contributed by atoms with van der Waals surface area (Å²) in [5.74, 6) is 2.51. The minimum absolute atomic E-state index is 0.208. The summed E-state index contributed by atoms with van der Waals surface area (Å²) < 4.78 is 22.6. The molecule has 1 unspecified atom stereocenters. The number of hydrogen-bond donors (Lipinski definition) is 0. The molecular formula is C17H17N3O4. The van der Waals surface area contributed by atoms with E-state index in [1.54, 1.807) is 14.2 Å². The molecule has 0 radical (unpaired) electrons. The van der Waals surface area contributed by atoms with Crippen molar-refractivity contribution in [1.29, 1.82) is 0 Å². The van der Waals surface area contributed by atoms with Crippen LogP contribution in [-0.4, -0.2) is 33.5 Å². The largest absolute Gasteiger partial charge is 0.493 e. The van der Waals surface area contributed by atoms with Gasteiger partial charge in [0, 0.05) is 16.0 Å². The molecule has 124 valence electrons. The van der Waals surface area contributed by atoms with Gasteiger partial charge in [-0.1, -0.05) is 29.4 Å². The zero-order valence-electron chi connectivity index (χ0n) is 13.4. The summed E-state index contributed by atoms with van der Waals surface area (Å²) >= 11 is 0. The Kier molecular flexibility index (Phi) is 4.63. The lowest BCUT2D eigenvalue weighted by Crippen LogP contribution is -2.31. The van der Waals surface area contributed by atoms with Crippen molar-refractivity contribution in [3.8, 4) is 34.1 Å². The van der Waals surface area contributed by atoms with E-state index < -0.39 is 0 Å². The van der Waals surface area contributed by atoms with Gasteiger partial charge in [0.05, 0.1) is 20.8 Å². The average molecular weight is 327 g/mol. The third-order valence-corrected chi connectivity index (χ3v) is 3.73. The number of fused-ring (bicyclic) bond motifs is 1. The highest BCUT2D eigenvalue weighted by Crippen LogP contribution is 2.46. The third kappa shape index (κ3) is 2.89. The zero-order valence-corrected chi connectivity index (χ0v) is 13.4. The van der Waals surface area contributed by atoms with Crippen molar-refractivity contribution in [2.24, 2.45) is 5.11 Å². The SMILES string of the molecule is COc1cccc(-c2cccc3c2OC(CN=[N+]=[N-])CO3)c1OC. The maximum atomic E-state index is 8.48. The van der Waals surface area contributed by atoms with Crippen molar-refractivity contribution in [3.63, 3.8) is 0 Å². The summed E-state index contributed by atoms with van der Waals surface area (Å²) in [5.41, 5.74) is 10.1. The number of rotatable bonds is 5. The van der Waals surface area contributed by atoms with E-state index in [9.17, 15) is 0 Å². The highest BCUT2D eigenvalue weighted by Gasteiger charge is 2.25. The molecule has 1 heterocycles. The van der Waals surface area contributed by atoms with Gasteiger partial charge in [0.15, 0.2) is 23.0 Å². The number of ether oxygens (including phenoxy) is 4. The van der Waals surface area contributed by atoms with E-state index in [1.807, 2.05) is 36.4 Å². The van der Waals surface area contributed by atoms with Crippen LogP contribution in [0.3, 0.4) is 0 Å². The van der Waals surface area contributed by atoms with Crippen LogP contribution >= 0.6 is 0 Å². The molecule has 0 fully saturated rings. The first-order valence-electron chi connectivity index (χ1n) is 7.43. The lowest BCUT2D eigenvalue weighted by Gasteiger charge is -2.27. The first-order valence-corrected chi connectivity index (χ1v) is 7.43. The number of azide groups is 1. The second-order valence-corrected chi connectivity index (χ2v) is 5.14. The van der Waals surface area contributed by atoms with Gasteiger partial charge in [-0.15, -0.1) is 0 Å². The van der Waals surface area contributed by atoms with Crippen LogP contribution in [0.4, 0.5) is 0 Å². The molecule has 0 aromatic heterocycles. The second-order valence-electron chi connectivity index (χ2n) is 5.14. The van der Waals surface area contributed by atoms with E-state index in [0.717, 1.165) is 11.1 Å². The monoisotopic (exact) mass is 327 g/mol. The van der Waals surface area contributed by atoms with E-state index >= 15 is 0 Å². The topological polar surface area (TPSA) is 85.7 Å². The van der Waals surface area contributed by atoms with E-state index in [4.69, 9.17) is 24.5 Å². The van der Waals surface area contributed by atoms with Crippen molar-refractivity contribution >= 4 is 0 Å². The molecule has 7 heteroatoms. The molecule has 0 saturated carbocycles. The summed E-state index contributed by atoms with van der Waals surface area (Å²) in [5, 5.41) is 3.56. The highest BCUT2D eigenvalue weighted by atomic mass is 16.6. The van der Waals surface area contributed by atoms with Crippen LogP contribution in [0.2, 0.25) is 0 Å². The van der Waals surface area contributed by atoms with Gasteiger partial charge >= 0.3 is 0 Å². The van der Waals surface area contributed by atoms with Crippen molar-refractivity contribution in [1.82, 2.24) is 0 Å². The maximum Gasteiger partial charge on any atom is 0.169 e.